The quantitative estimate of drug-likeness (QED) is 0.478. The number of carbonyl (C=O) groups is 1. The lowest BCUT2D eigenvalue weighted by Crippen LogP contribution is -2.32. The van der Waals surface area contributed by atoms with Crippen LogP contribution in [-0.2, 0) is 13.1 Å². The molecular formula is C24H25N5O2. The molecule has 0 saturated heterocycles. The van der Waals surface area contributed by atoms with Crippen molar-refractivity contribution in [2.45, 2.75) is 26.4 Å². The van der Waals surface area contributed by atoms with Gasteiger partial charge in [-0.3, -0.25) is 9.78 Å². The van der Waals surface area contributed by atoms with Gasteiger partial charge in [-0.2, -0.15) is 0 Å². The zero-order valence-corrected chi connectivity index (χ0v) is 17.5. The highest BCUT2D eigenvalue weighted by atomic mass is 16.3. The van der Waals surface area contributed by atoms with E-state index in [9.17, 15) is 9.90 Å². The Bertz CT molecular complexity index is 1160. The Labute approximate surface area is 181 Å². The topological polar surface area (TPSA) is 84.1 Å². The number of hydrogen-bond acceptors (Lipinski definition) is 5. The van der Waals surface area contributed by atoms with Crippen LogP contribution in [-0.4, -0.2) is 48.6 Å². The van der Waals surface area contributed by atoms with Crippen LogP contribution in [0.15, 0.2) is 67.4 Å². The van der Waals surface area contributed by atoms with E-state index in [1.54, 1.807) is 29.7 Å². The molecular weight excluding hydrogens is 390 g/mol. The number of amides is 1. The summed E-state index contributed by atoms with van der Waals surface area (Å²) < 4.78 is 1.94. The summed E-state index contributed by atoms with van der Waals surface area (Å²) in [5.41, 5.74) is 5.16. The SMILES string of the molecule is Cc1ccc(CN(CCCO)C(=O)c2cnc3c(c2)ncn3Cc2cccnc2)cc1. The molecule has 0 atom stereocenters. The molecule has 1 aromatic carbocycles. The zero-order valence-electron chi connectivity index (χ0n) is 17.5. The second kappa shape index (κ2) is 9.49. The molecule has 1 amide bonds. The third-order valence-corrected chi connectivity index (χ3v) is 5.15. The number of imidazole rings is 1. The average Bonchev–Trinajstić information content (AvgIpc) is 3.20. The number of aliphatic hydroxyl groups is 1. The number of fused-ring (bicyclic) bond motifs is 1. The molecule has 0 aliphatic rings. The maximum Gasteiger partial charge on any atom is 0.255 e. The molecule has 4 aromatic rings. The largest absolute Gasteiger partial charge is 0.396 e. The van der Waals surface area contributed by atoms with Gasteiger partial charge in [-0.25, -0.2) is 9.97 Å². The maximum absolute atomic E-state index is 13.2. The number of carbonyl (C=O) groups excluding carboxylic acids is 1. The smallest absolute Gasteiger partial charge is 0.255 e. The predicted octanol–water partition coefficient (Wildman–Crippen LogP) is 3.21. The van der Waals surface area contributed by atoms with Crippen molar-refractivity contribution in [1.82, 2.24) is 24.4 Å². The standard InChI is InChI=1S/C24H25N5O2/c1-18-5-7-19(8-6-18)15-28(10-3-11-30)24(31)21-12-22-23(26-14-21)29(17-27-22)16-20-4-2-9-25-13-20/h2,4-9,12-14,17,30H,3,10-11,15-16H2,1H3. The fraction of sp³-hybridized carbons (Fsp3) is 0.250. The first-order valence-corrected chi connectivity index (χ1v) is 10.3. The van der Waals surface area contributed by atoms with Gasteiger partial charge in [0.15, 0.2) is 5.65 Å². The van der Waals surface area contributed by atoms with Gasteiger partial charge in [0.25, 0.3) is 5.91 Å². The number of rotatable bonds is 8. The second-order valence-corrected chi connectivity index (χ2v) is 7.59. The molecule has 4 rings (SSSR count). The fourth-order valence-electron chi connectivity index (χ4n) is 3.48. The minimum Gasteiger partial charge on any atom is -0.396 e. The lowest BCUT2D eigenvalue weighted by atomic mass is 10.1. The molecule has 0 spiro atoms. The van der Waals surface area contributed by atoms with Crippen LogP contribution in [0, 0.1) is 6.92 Å². The second-order valence-electron chi connectivity index (χ2n) is 7.59. The Balaban J connectivity index is 1.56. The molecule has 7 nitrogen and oxygen atoms in total. The fourth-order valence-corrected chi connectivity index (χ4v) is 3.48. The molecule has 0 fully saturated rings. The first-order valence-electron chi connectivity index (χ1n) is 10.3. The molecule has 0 aliphatic heterocycles. The van der Waals surface area contributed by atoms with Crippen LogP contribution in [0.1, 0.15) is 33.5 Å². The van der Waals surface area contributed by atoms with Crippen molar-refractivity contribution >= 4 is 17.1 Å². The van der Waals surface area contributed by atoms with Crippen LogP contribution >= 0.6 is 0 Å². The Hall–Kier alpha value is -3.58. The van der Waals surface area contributed by atoms with Crippen LogP contribution in [0.2, 0.25) is 0 Å². The van der Waals surface area contributed by atoms with E-state index in [1.807, 2.05) is 54.1 Å². The molecule has 0 bridgehead atoms. The molecule has 0 saturated carbocycles. The molecule has 7 heteroatoms. The number of benzene rings is 1. The van der Waals surface area contributed by atoms with Gasteiger partial charge in [-0.05, 0) is 36.6 Å². The van der Waals surface area contributed by atoms with Crippen molar-refractivity contribution in [1.29, 1.82) is 0 Å². The van der Waals surface area contributed by atoms with Gasteiger partial charge in [0, 0.05) is 38.3 Å². The Morgan fingerprint density at radius 3 is 2.68 bits per heavy atom. The summed E-state index contributed by atoms with van der Waals surface area (Å²) >= 11 is 0. The van der Waals surface area contributed by atoms with Gasteiger partial charge in [-0.1, -0.05) is 35.9 Å². The van der Waals surface area contributed by atoms with E-state index in [0.29, 0.717) is 37.1 Å². The summed E-state index contributed by atoms with van der Waals surface area (Å²) in [7, 11) is 0. The number of aliphatic hydroxyl groups excluding tert-OH is 1. The first-order chi connectivity index (χ1) is 15.1. The van der Waals surface area contributed by atoms with Crippen molar-refractivity contribution in [2.75, 3.05) is 13.2 Å². The van der Waals surface area contributed by atoms with E-state index < -0.39 is 0 Å². The zero-order chi connectivity index (χ0) is 21.6. The minimum atomic E-state index is -0.120. The Kier molecular flexibility index (Phi) is 6.33. The predicted molar refractivity (Wildman–Crippen MR) is 118 cm³/mol. The van der Waals surface area contributed by atoms with Gasteiger partial charge in [-0.15, -0.1) is 0 Å². The van der Waals surface area contributed by atoms with E-state index >= 15 is 0 Å². The van der Waals surface area contributed by atoms with Crippen molar-refractivity contribution in [2.24, 2.45) is 0 Å². The van der Waals surface area contributed by atoms with Gasteiger partial charge < -0.3 is 14.6 Å². The summed E-state index contributed by atoms with van der Waals surface area (Å²) in [6.07, 6.45) is 7.41. The third kappa shape index (κ3) is 4.95. The number of hydrogen-bond donors (Lipinski definition) is 1. The molecule has 1 N–H and O–H groups in total. The van der Waals surface area contributed by atoms with E-state index in [2.05, 4.69) is 15.0 Å². The van der Waals surface area contributed by atoms with Gasteiger partial charge in [0.2, 0.25) is 0 Å². The lowest BCUT2D eigenvalue weighted by Gasteiger charge is -2.22. The molecule has 0 aliphatic carbocycles. The van der Waals surface area contributed by atoms with Crippen molar-refractivity contribution < 1.29 is 9.90 Å². The monoisotopic (exact) mass is 415 g/mol. The normalized spacial score (nSPS) is 11.0. The summed E-state index contributed by atoms with van der Waals surface area (Å²) in [4.78, 5) is 28.1. The number of aromatic nitrogens is 4. The number of aryl methyl sites for hydroxylation is 1. The third-order valence-electron chi connectivity index (χ3n) is 5.15. The molecule has 3 heterocycles. The van der Waals surface area contributed by atoms with Crippen LogP contribution in [0.5, 0.6) is 0 Å². The van der Waals surface area contributed by atoms with E-state index in [-0.39, 0.29) is 12.5 Å². The Morgan fingerprint density at radius 2 is 1.94 bits per heavy atom. The van der Waals surface area contributed by atoms with E-state index in [0.717, 1.165) is 16.8 Å². The summed E-state index contributed by atoms with van der Waals surface area (Å²) in [5.74, 6) is -0.120. The van der Waals surface area contributed by atoms with E-state index in [4.69, 9.17) is 0 Å². The molecule has 31 heavy (non-hydrogen) atoms. The Morgan fingerprint density at radius 1 is 1.10 bits per heavy atom. The van der Waals surface area contributed by atoms with E-state index in [1.165, 1.54) is 5.56 Å². The summed E-state index contributed by atoms with van der Waals surface area (Å²) in [6, 6.07) is 13.8. The molecule has 158 valence electrons. The molecule has 3 aromatic heterocycles. The highest BCUT2D eigenvalue weighted by Gasteiger charge is 2.18. The van der Waals surface area contributed by atoms with Gasteiger partial charge in [0.1, 0.15) is 5.52 Å². The van der Waals surface area contributed by atoms with Crippen LogP contribution in [0.4, 0.5) is 0 Å². The van der Waals surface area contributed by atoms with Crippen molar-refractivity contribution in [3.05, 3.63) is 89.6 Å². The maximum atomic E-state index is 13.2. The lowest BCUT2D eigenvalue weighted by molar-refractivity contribution is 0.0731. The van der Waals surface area contributed by atoms with Gasteiger partial charge in [0.05, 0.1) is 18.4 Å². The van der Waals surface area contributed by atoms with Gasteiger partial charge >= 0.3 is 0 Å². The minimum absolute atomic E-state index is 0.0354. The van der Waals surface area contributed by atoms with Crippen molar-refractivity contribution in [3.8, 4) is 0 Å². The molecule has 0 radical (unpaired) electrons. The highest BCUT2D eigenvalue weighted by molar-refractivity contribution is 5.96. The van der Waals surface area contributed by atoms with Crippen LogP contribution in [0.3, 0.4) is 0 Å². The number of nitrogens with zero attached hydrogens (tertiary/aromatic N) is 5. The van der Waals surface area contributed by atoms with Crippen LogP contribution < -0.4 is 0 Å². The molecule has 0 unspecified atom stereocenters. The summed E-state index contributed by atoms with van der Waals surface area (Å²) in [6.45, 7) is 3.63. The number of pyridine rings is 2. The van der Waals surface area contributed by atoms with Crippen LogP contribution in [0.25, 0.3) is 11.2 Å². The summed E-state index contributed by atoms with van der Waals surface area (Å²) in [5, 5.41) is 9.27. The highest BCUT2D eigenvalue weighted by Crippen LogP contribution is 2.17. The van der Waals surface area contributed by atoms with Crippen molar-refractivity contribution in [3.63, 3.8) is 0 Å². The average molecular weight is 415 g/mol. The first kappa shape index (κ1) is 20.7.